The molecule has 1 aromatic rings. The van der Waals surface area contributed by atoms with Gasteiger partial charge in [-0.05, 0) is 51.4 Å². The van der Waals surface area contributed by atoms with Gasteiger partial charge in [-0.15, -0.1) is 0 Å². The molecule has 3 rings (SSSR count). The van der Waals surface area contributed by atoms with Crippen LogP contribution in [0.15, 0.2) is 16.5 Å². The van der Waals surface area contributed by atoms with Crippen molar-refractivity contribution in [1.82, 2.24) is 10.2 Å². The quantitative estimate of drug-likeness (QED) is 0.888. The highest BCUT2D eigenvalue weighted by Crippen LogP contribution is 2.24. The van der Waals surface area contributed by atoms with Crippen LogP contribution in [0.5, 0.6) is 0 Å². The van der Waals surface area contributed by atoms with Crippen molar-refractivity contribution in [2.75, 3.05) is 24.6 Å². The first-order chi connectivity index (χ1) is 10.9. The van der Waals surface area contributed by atoms with Crippen molar-refractivity contribution in [3.63, 3.8) is 0 Å². The van der Waals surface area contributed by atoms with Crippen molar-refractivity contribution in [2.45, 2.75) is 38.8 Å². The van der Waals surface area contributed by atoms with Crippen LogP contribution in [0.1, 0.15) is 30.8 Å². The molecular weight excluding hydrogens is 316 g/mol. The van der Waals surface area contributed by atoms with Crippen LogP contribution in [-0.2, 0) is 21.2 Å². The van der Waals surface area contributed by atoms with Gasteiger partial charge in [0.25, 0.3) is 0 Å². The average molecular weight is 340 g/mol. The number of nitrogens with zero attached hydrogens (tertiary/aromatic N) is 1. The maximum Gasteiger partial charge on any atom is 0.223 e. The van der Waals surface area contributed by atoms with Gasteiger partial charge in [0.2, 0.25) is 5.91 Å². The Morgan fingerprint density at radius 1 is 1.30 bits per heavy atom. The summed E-state index contributed by atoms with van der Waals surface area (Å²) in [6.07, 6.45) is 2.32. The van der Waals surface area contributed by atoms with Crippen molar-refractivity contribution < 1.29 is 17.6 Å². The minimum atomic E-state index is -2.84. The number of nitrogens with one attached hydrogen (secondary N) is 1. The molecule has 6 nitrogen and oxygen atoms in total. The lowest BCUT2D eigenvalue weighted by Crippen LogP contribution is -2.45. The summed E-state index contributed by atoms with van der Waals surface area (Å²) in [5.74, 6) is 2.28. The van der Waals surface area contributed by atoms with Crippen molar-refractivity contribution in [1.29, 1.82) is 0 Å². The highest BCUT2D eigenvalue weighted by molar-refractivity contribution is 7.91. The first kappa shape index (κ1) is 16.5. The summed E-state index contributed by atoms with van der Waals surface area (Å²) >= 11 is 0. The Kier molecular flexibility index (Phi) is 4.77. The topological polar surface area (TPSA) is 79.6 Å². The lowest BCUT2D eigenvalue weighted by atomic mass is 9.94. The number of amides is 1. The number of sulfone groups is 1. The first-order valence-corrected chi connectivity index (χ1v) is 10.0. The van der Waals surface area contributed by atoms with Gasteiger partial charge < -0.3 is 9.73 Å². The third-order valence-corrected chi connectivity index (χ3v) is 6.61. The van der Waals surface area contributed by atoms with Gasteiger partial charge in [-0.3, -0.25) is 9.69 Å². The number of likely N-dealkylation sites (tertiary alicyclic amines) is 1. The molecule has 1 unspecified atom stereocenters. The van der Waals surface area contributed by atoms with Crippen LogP contribution >= 0.6 is 0 Å². The Hall–Kier alpha value is -1.34. The Morgan fingerprint density at radius 3 is 2.61 bits per heavy atom. The van der Waals surface area contributed by atoms with Gasteiger partial charge in [0.15, 0.2) is 9.84 Å². The third-order valence-electron chi connectivity index (χ3n) is 4.86. The predicted octanol–water partition coefficient (Wildman–Crippen LogP) is 1.10. The Bertz CT molecular complexity index is 659. The smallest absolute Gasteiger partial charge is 0.223 e. The van der Waals surface area contributed by atoms with Gasteiger partial charge >= 0.3 is 0 Å². The second-order valence-corrected chi connectivity index (χ2v) is 8.83. The molecule has 7 heteroatoms. The van der Waals surface area contributed by atoms with E-state index >= 15 is 0 Å². The summed E-state index contributed by atoms with van der Waals surface area (Å²) in [6, 6.07) is 3.91. The van der Waals surface area contributed by atoms with Gasteiger partial charge in [-0.2, -0.15) is 0 Å². The maximum atomic E-state index is 12.2. The van der Waals surface area contributed by atoms with Crippen LogP contribution in [0, 0.1) is 12.8 Å². The average Bonchev–Trinajstić information content (AvgIpc) is 3.10. The van der Waals surface area contributed by atoms with E-state index in [4.69, 9.17) is 4.42 Å². The molecule has 128 valence electrons. The molecule has 1 atom stereocenters. The number of hydrogen-bond acceptors (Lipinski definition) is 5. The number of aryl methyl sites for hydroxylation is 1. The van der Waals surface area contributed by atoms with Crippen LogP contribution in [0.4, 0.5) is 0 Å². The molecule has 0 aliphatic carbocycles. The molecule has 0 saturated carbocycles. The molecule has 1 aromatic heterocycles. The van der Waals surface area contributed by atoms with Crippen LogP contribution in [0.2, 0.25) is 0 Å². The lowest BCUT2D eigenvalue weighted by Gasteiger charge is -2.34. The Labute approximate surface area is 137 Å². The summed E-state index contributed by atoms with van der Waals surface area (Å²) in [5.41, 5.74) is 0. The van der Waals surface area contributed by atoms with Crippen molar-refractivity contribution in [3.05, 3.63) is 23.7 Å². The highest BCUT2D eigenvalue weighted by Gasteiger charge is 2.35. The number of rotatable bonds is 4. The molecule has 1 amide bonds. The second-order valence-electron chi connectivity index (χ2n) is 6.60. The van der Waals surface area contributed by atoms with E-state index in [0.717, 1.165) is 43.9 Å². The van der Waals surface area contributed by atoms with E-state index in [2.05, 4.69) is 10.2 Å². The van der Waals surface area contributed by atoms with E-state index in [0.29, 0.717) is 12.3 Å². The zero-order valence-corrected chi connectivity index (χ0v) is 14.3. The number of furan rings is 1. The molecule has 0 radical (unpaired) electrons. The van der Waals surface area contributed by atoms with Crippen LogP contribution in [0.25, 0.3) is 0 Å². The summed E-state index contributed by atoms with van der Waals surface area (Å²) in [6.45, 7) is 3.91. The fourth-order valence-corrected chi connectivity index (χ4v) is 5.25. The minimum absolute atomic E-state index is 0.0142. The number of piperidine rings is 1. The van der Waals surface area contributed by atoms with Crippen molar-refractivity contribution in [2.24, 2.45) is 5.92 Å². The molecule has 2 fully saturated rings. The van der Waals surface area contributed by atoms with Gasteiger partial charge in [-0.25, -0.2) is 8.42 Å². The molecule has 3 heterocycles. The van der Waals surface area contributed by atoms with E-state index < -0.39 is 9.84 Å². The number of carbonyl (C=O) groups excluding carboxylic acids is 1. The van der Waals surface area contributed by atoms with Crippen LogP contribution in [0.3, 0.4) is 0 Å². The molecule has 2 saturated heterocycles. The fourth-order valence-electron chi connectivity index (χ4n) is 3.49. The van der Waals surface area contributed by atoms with Gasteiger partial charge in [-0.1, -0.05) is 0 Å². The van der Waals surface area contributed by atoms with E-state index in [-0.39, 0.29) is 23.6 Å². The first-order valence-electron chi connectivity index (χ1n) is 8.20. The molecule has 2 aliphatic rings. The molecule has 23 heavy (non-hydrogen) atoms. The standard InChI is InChI=1S/C16H24N2O4S/c1-12-2-3-15(22-12)10-17-16(19)13-4-7-18(8-5-13)14-6-9-23(20,21)11-14/h2-3,13-14H,4-11H2,1H3,(H,17,19). The van der Waals surface area contributed by atoms with Gasteiger partial charge in [0.05, 0.1) is 18.1 Å². The second kappa shape index (κ2) is 6.65. The molecule has 1 N–H and O–H groups in total. The van der Waals surface area contributed by atoms with Crippen LogP contribution < -0.4 is 5.32 Å². The zero-order chi connectivity index (χ0) is 16.4. The lowest BCUT2D eigenvalue weighted by molar-refractivity contribution is -0.126. The molecule has 0 spiro atoms. The number of carbonyl (C=O) groups is 1. The largest absolute Gasteiger partial charge is 0.465 e. The van der Waals surface area contributed by atoms with Gasteiger partial charge in [0.1, 0.15) is 11.5 Å². The fraction of sp³-hybridized carbons (Fsp3) is 0.688. The maximum absolute atomic E-state index is 12.2. The summed E-state index contributed by atoms with van der Waals surface area (Å²) in [7, 11) is -2.84. The Morgan fingerprint density at radius 2 is 2.04 bits per heavy atom. The number of hydrogen-bond donors (Lipinski definition) is 1. The van der Waals surface area contributed by atoms with Gasteiger partial charge in [0, 0.05) is 12.0 Å². The molecular formula is C16H24N2O4S. The van der Waals surface area contributed by atoms with Crippen molar-refractivity contribution >= 4 is 15.7 Å². The normalized spacial score (nSPS) is 25.5. The summed E-state index contributed by atoms with van der Waals surface area (Å²) < 4.78 is 28.6. The predicted molar refractivity (Wildman–Crippen MR) is 86.6 cm³/mol. The third kappa shape index (κ3) is 4.14. The van der Waals surface area contributed by atoms with E-state index in [1.54, 1.807) is 0 Å². The summed E-state index contributed by atoms with van der Waals surface area (Å²) in [5, 5.41) is 2.93. The monoisotopic (exact) mass is 340 g/mol. The Balaban J connectivity index is 1.44. The summed E-state index contributed by atoms with van der Waals surface area (Å²) in [4.78, 5) is 14.5. The minimum Gasteiger partial charge on any atom is -0.465 e. The van der Waals surface area contributed by atoms with E-state index in [1.165, 1.54) is 0 Å². The van der Waals surface area contributed by atoms with E-state index in [9.17, 15) is 13.2 Å². The van der Waals surface area contributed by atoms with E-state index in [1.807, 2.05) is 19.1 Å². The van der Waals surface area contributed by atoms with Crippen molar-refractivity contribution in [3.8, 4) is 0 Å². The molecule has 0 bridgehead atoms. The zero-order valence-electron chi connectivity index (χ0n) is 13.5. The highest BCUT2D eigenvalue weighted by atomic mass is 32.2. The van der Waals surface area contributed by atoms with Crippen LogP contribution in [-0.4, -0.2) is 49.9 Å². The molecule has 2 aliphatic heterocycles. The SMILES string of the molecule is Cc1ccc(CNC(=O)C2CCN(C3CCS(=O)(=O)C3)CC2)o1. The molecule has 0 aromatic carbocycles.